The van der Waals surface area contributed by atoms with Crippen LogP contribution in [0.3, 0.4) is 0 Å². The highest BCUT2D eigenvalue weighted by molar-refractivity contribution is 7.85. The van der Waals surface area contributed by atoms with Crippen molar-refractivity contribution >= 4 is 21.7 Å². The molecule has 0 aromatic heterocycles. The van der Waals surface area contributed by atoms with Crippen LogP contribution in [-0.2, 0) is 10.1 Å². The smallest absolute Gasteiger partial charge is 0.264 e. The highest BCUT2D eigenvalue weighted by atomic mass is 35.5. The van der Waals surface area contributed by atoms with Gasteiger partial charge in [-0.25, -0.2) is 4.39 Å². The van der Waals surface area contributed by atoms with Crippen LogP contribution in [0.25, 0.3) is 0 Å². The summed E-state index contributed by atoms with van der Waals surface area (Å²) in [5, 5.41) is 0.435. The zero-order valence-corrected chi connectivity index (χ0v) is 8.59. The van der Waals surface area contributed by atoms with E-state index < -0.39 is 22.7 Å². The van der Waals surface area contributed by atoms with Gasteiger partial charge < -0.3 is 0 Å². The van der Waals surface area contributed by atoms with Crippen LogP contribution < -0.4 is 0 Å². The van der Waals surface area contributed by atoms with Crippen molar-refractivity contribution in [1.29, 1.82) is 0 Å². The van der Waals surface area contributed by atoms with E-state index >= 15 is 0 Å². The lowest BCUT2D eigenvalue weighted by molar-refractivity contribution is 0.484. The van der Waals surface area contributed by atoms with Gasteiger partial charge in [-0.05, 0) is 25.1 Å². The maximum Gasteiger partial charge on any atom is 0.264 e. The largest absolute Gasteiger partial charge is 0.286 e. The predicted molar refractivity (Wildman–Crippen MR) is 53.5 cm³/mol. The topological polar surface area (TPSA) is 54.4 Å². The number of rotatable bonds is 1. The minimum Gasteiger partial charge on any atom is -0.286 e. The molecule has 1 N–H and O–H groups in total. The number of halogens is 2. The van der Waals surface area contributed by atoms with Gasteiger partial charge >= 0.3 is 0 Å². The third kappa shape index (κ3) is 7.97. The molecule has 1 aromatic carbocycles. The summed E-state index contributed by atoms with van der Waals surface area (Å²) in [6.45, 7) is -1.50. The normalized spacial score (nSPS) is 12.6. The molecule has 0 aliphatic heterocycles. The Kier molecular flexibility index (Phi) is 4.20. The highest BCUT2D eigenvalue weighted by Gasteiger charge is 1.93. The Bertz CT molecular complexity index is 408. The summed E-state index contributed by atoms with van der Waals surface area (Å²) in [5.74, 6) is -1.11. The fourth-order valence-corrected chi connectivity index (χ4v) is 0.637. The monoisotopic (exact) mass is 242 g/mol. The number of hydrogen-bond donors (Lipinski definition) is 1. The Morgan fingerprint density at radius 3 is 2.50 bits per heavy atom. The fourth-order valence-electron chi connectivity index (χ4n) is 0.460. The second-order valence-electron chi connectivity index (χ2n) is 2.19. The van der Waals surface area contributed by atoms with Crippen LogP contribution in [-0.4, -0.2) is 18.7 Å². The van der Waals surface area contributed by atoms with Crippen LogP contribution in [0.1, 0.15) is 9.62 Å². The SMILES string of the molecule is Fc1cccc(Cl)c1.[2H]C([2H])CS(=O)(=O)O. The summed E-state index contributed by atoms with van der Waals surface area (Å²) in [6, 6.07) is 5.82. The lowest BCUT2D eigenvalue weighted by Crippen LogP contribution is -1.97. The van der Waals surface area contributed by atoms with Gasteiger partial charge in [-0.1, -0.05) is 17.7 Å². The third-order valence-corrected chi connectivity index (χ3v) is 1.65. The van der Waals surface area contributed by atoms with E-state index in [1.807, 2.05) is 0 Å². The molecule has 0 amide bonds. The van der Waals surface area contributed by atoms with Crippen LogP contribution in [0.4, 0.5) is 4.39 Å². The van der Waals surface area contributed by atoms with Crippen LogP contribution in [0.15, 0.2) is 24.3 Å². The molecule has 0 radical (unpaired) electrons. The summed E-state index contributed by atoms with van der Waals surface area (Å²) < 4.78 is 52.2. The van der Waals surface area contributed by atoms with E-state index in [9.17, 15) is 12.8 Å². The molecule has 0 saturated heterocycles. The van der Waals surface area contributed by atoms with Gasteiger partial charge in [0.25, 0.3) is 10.1 Å². The van der Waals surface area contributed by atoms with Gasteiger partial charge in [0.05, 0.1) is 5.75 Å². The molecule has 6 heteroatoms. The average molecular weight is 243 g/mol. The Morgan fingerprint density at radius 2 is 2.29 bits per heavy atom. The second-order valence-corrected chi connectivity index (χ2v) is 4.12. The van der Waals surface area contributed by atoms with Crippen molar-refractivity contribution in [2.24, 2.45) is 0 Å². The maximum absolute atomic E-state index is 12.1. The summed E-state index contributed by atoms with van der Waals surface area (Å²) in [4.78, 5) is 0. The lowest BCUT2D eigenvalue weighted by atomic mass is 10.4. The maximum atomic E-state index is 12.1. The molecule has 0 unspecified atom stereocenters. The first-order valence-corrected chi connectivity index (χ1v) is 5.40. The Morgan fingerprint density at radius 1 is 1.64 bits per heavy atom. The Labute approximate surface area is 90.1 Å². The molecule has 1 aromatic rings. The summed E-state index contributed by atoms with van der Waals surface area (Å²) in [5.41, 5.74) is 0. The lowest BCUT2D eigenvalue weighted by Gasteiger charge is -1.85. The molecule has 0 aliphatic rings. The first-order valence-electron chi connectivity index (χ1n) is 4.57. The Hall–Kier alpha value is -0.650. The van der Waals surface area contributed by atoms with Crippen molar-refractivity contribution in [3.8, 4) is 0 Å². The van der Waals surface area contributed by atoms with E-state index in [1.165, 1.54) is 12.1 Å². The van der Waals surface area contributed by atoms with Gasteiger partial charge in [-0.2, -0.15) is 8.42 Å². The van der Waals surface area contributed by atoms with Gasteiger partial charge in [0.2, 0.25) is 0 Å². The summed E-state index contributed by atoms with van der Waals surface area (Å²) in [7, 11) is -4.10. The quantitative estimate of drug-likeness (QED) is 0.770. The second kappa shape index (κ2) is 5.95. The van der Waals surface area contributed by atoms with E-state index in [-0.39, 0.29) is 5.82 Å². The molecule has 80 valence electrons. The van der Waals surface area contributed by atoms with Crippen molar-refractivity contribution in [3.63, 3.8) is 0 Å². The van der Waals surface area contributed by atoms with E-state index in [0.29, 0.717) is 5.02 Å². The average Bonchev–Trinajstić information content (AvgIpc) is 1.98. The molecule has 0 aliphatic carbocycles. The number of benzene rings is 1. The molecule has 14 heavy (non-hydrogen) atoms. The van der Waals surface area contributed by atoms with E-state index in [0.717, 1.165) is 0 Å². The molecule has 0 heterocycles. The summed E-state index contributed by atoms with van der Waals surface area (Å²) in [6.07, 6.45) is 0. The van der Waals surface area contributed by atoms with Crippen LogP contribution in [0.2, 0.25) is 5.02 Å². The zero-order chi connectivity index (χ0) is 12.8. The van der Waals surface area contributed by atoms with Crippen molar-refractivity contribution in [2.75, 3.05) is 5.75 Å². The Balaban J connectivity index is 0.000000281. The van der Waals surface area contributed by atoms with Crippen LogP contribution in [0.5, 0.6) is 0 Å². The van der Waals surface area contributed by atoms with Gasteiger partial charge in [-0.3, -0.25) is 4.55 Å². The summed E-state index contributed by atoms with van der Waals surface area (Å²) >= 11 is 5.40. The third-order valence-electron chi connectivity index (χ3n) is 0.997. The minimum atomic E-state index is -4.10. The molecule has 0 bridgehead atoms. The van der Waals surface area contributed by atoms with E-state index in [2.05, 4.69) is 0 Å². The fraction of sp³-hybridized carbons (Fsp3) is 0.250. The van der Waals surface area contributed by atoms with Crippen LogP contribution >= 0.6 is 11.6 Å². The van der Waals surface area contributed by atoms with Crippen LogP contribution in [0, 0.1) is 5.82 Å². The van der Waals surface area contributed by atoms with E-state index in [1.54, 1.807) is 12.1 Å². The predicted octanol–water partition coefficient (Wildman–Crippen LogP) is 2.37. The van der Waals surface area contributed by atoms with Gasteiger partial charge in [-0.15, -0.1) is 0 Å². The molecule has 0 fully saturated rings. The van der Waals surface area contributed by atoms with Crippen molar-refractivity contribution < 1.29 is 20.1 Å². The molecule has 3 nitrogen and oxygen atoms in total. The van der Waals surface area contributed by atoms with Gasteiger partial charge in [0.1, 0.15) is 5.82 Å². The van der Waals surface area contributed by atoms with Crippen molar-refractivity contribution in [1.82, 2.24) is 0 Å². The molecular formula is C8H10ClFO3S. The van der Waals surface area contributed by atoms with Gasteiger partial charge in [0.15, 0.2) is 0 Å². The first-order chi connectivity index (χ1) is 7.20. The van der Waals surface area contributed by atoms with Crippen molar-refractivity contribution in [3.05, 3.63) is 35.1 Å². The standard InChI is InChI=1S/C6H4ClF.C2H6O3S/c7-5-2-1-3-6(8)4-5;1-2-6(3,4)5/h1-4H;2H2,1H3,(H,3,4,5)/i;1D2. The molecular weight excluding hydrogens is 231 g/mol. The van der Waals surface area contributed by atoms with Gasteiger partial charge in [0, 0.05) is 7.76 Å². The molecule has 1 rings (SSSR count). The molecule has 0 atom stereocenters. The molecule has 0 saturated carbocycles. The van der Waals surface area contributed by atoms with Crippen molar-refractivity contribution in [2.45, 2.75) is 6.88 Å². The first kappa shape index (κ1) is 9.89. The number of hydrogen-bond acceptors (Lipinski definition) is 2. The molecule has 0 spiro atoms. The highest BCUT2D eigenvalue weighted by Crippen LogP contribution is 2.07. The minimum absolute atomic E-state index is 0.294. The van der Waals surface area contributed by atoms with E-state index in [4.69, 9.17) is 18.9 Å². The zero-order valence-electron chi connectivity index (χ0n) is 9.02.